The van der Waals surface area contributed by atoms with Gasteiger partial charge in [0.1, 0.15) is 0 Å². The minimum Gasteiger partial charge on any atom is -0.399 e. The second kappa shape index (κ2) is 10.4. The summed E-state index contributed by atoms with van der Waals surface area (Å²) in [6.07, 6.45) is 6.29. The SMILES string of the molecule is Nc1ccc(N(CCO)CCO)c(C2(N)C=CC(N(CCO)CCO)=CC2)c1. The third-order valence-electron chi connectivity index (χ3n) is 4.91. The Morgan fingerprint density at radius 2 is 1.46 bits per heavy atom. The Kier molecular flexibility index (Phi) is 8.28. The fourth-order valence-corrected chi connectivity index (χ4v) is 3.49. The van der Waals surface area contributed by atoms with Crippen molar-refractivity contribution in [2.24, 2.45) is 5.73 Å². The van der Waals surface area contributed by atoms with Crippen molar-refractivity contribution in [3.05, 3.63) is 47.7 Å². The molecule has 0 fully saturated rings. The monoisotopic (exact) mass is 392 g/mol. The number of hydrogen-bond acceptors (Lipinski definition) is 8. The second-order valence-corrected chi connectivity index (χ2v) is 6.85. The third kappa shape index (κ3) is 5.24. The molecule has 0 aliphatic heterocycles. The van der Waals surface area contributed by atoms with E-state index in [-0.39, 0.29) is 26.4 Å². The van der Waals surface area contributed by atoms with E-state index in [1.807, 2.05) is 40.2 Å². The molecule has 8 N–H and O–H groups in total. The molecule has 1 aliphatic carbocycles. The molecule has 0 aromatic heterocycles. The van der Waals surface area contributed by atoms with Crippen molar-refractivity contribution < 1.29 is 20.4 Å². The number of benzene rings is 1. The van der Waals surface area contributed by atoms with E-state index in [2.05, 4.69) is 0 Å². The van der Waals surface area contributed by atoms with Gasteiger partial charge in [-0.2, -0.15) is 0 Å². The Morgan fingerprint density at radius 1 is 0.893 bits per heavy atom. The Labute approximate surface area is 166 Å². The molecule has 0 saturated heterocycles. The maximum Gasteiger partial charge on any atom is 0.0656 e. The summed E-state index contributed by atoms with van der Waals surface area (Å²) >= 11 is 0. The first-order chi connectivity index (χ1) is 13.5. The predicted molar refractivity (Wildman–Crippen MR) is 111 cm³/mol. The van der Waals surface area contributed by atoms with Gasteiger partial charge in [-0.1, -0.05) is 12.2 Å². The van der Waals surface area contributed by atoms with Gasteiger partial charge < -0.3 is 41.7 Å². The van der Waals surface area contributed by atoms with Gasteiger partial charge in [0.2, 0.25) is 0 Å². The smallest absolute Gasteiger partial charge is 0.0656 e. The highest BCUT2D eigenvalue weighted by molar-refractivity contribution is 5.64. The van der Waals surface area contributed by atoms with Gasteiger partial charge in [-0.15, -0.1) is 0 Å². The molecular formula is C20H32N4O4. The lowest BCUT2D eigenvalue weighted by Crippen LogP contribution is -2.40. The van der Waals surface area contributed by atoms with Crippen LogP contribution in [0.1, 0.15) is 12.0 Å². The second-order valence-electron chi connectivity index (χ2n) is 6.85. The Hall–Kier alpha value is -2.10. The van der Waals surface area contributed by atoms with Gasteiger partial charge in [0.25, 0.3) is 0 Å². The van der Waals surface area contributed by atoms with Crippen molar-refractivity contribution in [3.8, 4) is 0 Å². The predicted octanol–water partition coefficient (Wildman–Crippen LogP) is -0.656. The highest BCUT2D eigenvalue weighted by Crippen LogP contribution is 2.37. The van der Waals surface area contributed by atoms with E-state index in [0.717, 1.165) is 16.9 Å². The zero-order valence-corrected chi connectivity index (χ0v) is 16.2. The van der Waals surface area contributed by atoms with Gasteiger partial charge in [0.05, 0.1) is 32.0 Å². The lowest BCUT2D eigenvalue weighted by Gasteiger charge is -2.36. The molecule has 1 unspecified atom stereocenters. The summed E-state index contributed by atoms with van der Waals surface area (Å²) in [5.74, 6) is 0. The summed E-state index contributed by atoms with van der Waals surface area (Å²) in [6, 6.07) is 5.48. The molecule has 1 atom stereocenters. The van der Waals surface area contributed by atoms with Crippen LogP contribution >= 0.6 is 0 Å². The Balaban J connectivity index is 2.35. The molecule has 8 nitrogen and oxygen atoms in total. The number of nitrogens with zero attached hydrogens (tertiary/aromatic N) is 2. The van der Waals surface area contributed by atoms with E-state index in [4.69, 9.17) is 11.5 Å². The molecular weight excluding hydrogens is 360 g/mol. The van der Waals surface area contributed by atoms with E-state index < -0.39 is 5.54 Å². The lowest BCUT2D eigenvalue weighted by atomic mass is 9.82. The molecule has 156 valence electrons. The molecule has 1 aromatic carbocycles. The van der Waals surface area contributed by atoms with Crippen molar-refractivity contribution in [2.45, 2.75) is 12.0 Å². The maximum atomic E-state index is 9.39. The van der Waals surface area contributed by atoms with Crippen LogP contribution in [0.2, 0.25) is 0 Å². The Bertz CT molecular complexity index is 683. The molecule has 0 saturated carbocycles. The van der Waals surface area contributed by atoms with Crippen LogP contribution < -0.4 is 16.4 Å². The van der Waals surface area contributed by atoms with Crippen LogP contribution in [0, 0.1) is 0 Å². The summed E-state index contributed by atoms with van der Waals surface area (Å²) < 4.78 is 0. The topological polar surface area (TPSA) is 139 Å². The van der Waals surface area contributed by atoms with E-state index in [9.17, 15) is 20.4 Å². The molecule has 1 aromatic rings. The van der Waals surface area contributed by atoms with Crippen LogP contribution in [0.15, 0.2) is 42.1 Å². The molecule has 28 heavy (non-hydrogen) atoms. The number of aliphatic hydroxyl groups excluding tert-OH is 4. The average Bonchev–Trinajstić information content (AvgIpc) is 2.68. The maximum absolute atomic E-state index is 9.39. The molecule has 1 aliphatic rings. The first kappa shape index (κ1) is 22.2. The van der Waals surface area contributed by atoms with Crippen molar-refractivity contribution in [1.82, 2.24) is 4.90 Å². The van der Waals surface area contributed by atoms with E-state index in [1.54, 1.807) is 6.07 Å². The number of anilines is 2. The molecule has 8 heteroatoms. The number of nitrogens with two attached hydrogens (primary N) is 2. The van der Waals surface area contributed by atoms with E-state index >= 15 is 0 Å². The highest BCUT2D eigenvalue weighted by atomic mass is 16.3. The van der Waals surface area contributed by atoms with Crippen molar-refractivity contribution in [2.75, 3.05) is 63.2 Å². The minimum atomic E-state index is -0.804. The van der Waals surface area contributed by atoms with Gasteiger partial charge in [0.15, 0.2) is 0 Å². The molecule has 0 amide bonds. The van der Waals surface area contributed by atoms with Crippen LogP contribution in [0.5, 0.6) is 0 Å². The van der Waals surface area contributed by atoms with Gasteiger partial charge in [0, 0.05) is 48.8 Å². The number of hydrogen-bond donors (Lipinski definition) is 6. The highest BCUT2D eigenvalue weighted by Gasteiger charge is 2.30. The fourth-order valence-electron chi connectivity index (χ4n) is 3.49. The zero-order chi connectivity index (χ0) is 20.6. The summed E-state index contributed by atoms with van der Waals surface area (Å²) in [5, 5.41) is 37.3. The quantitative estimate of drug-likeness (QED) is 0.273. The van der Waals surface area contributed by atoms with Crippen molar-refractivity contribution in [3.63, 3.8) is 0 Å². The standard InChI is InChI=1S/C20H32N4O4/c21-16-1-2-19(24(9-13-27)10-14-28)18(15-16)20(22)5-3-17(4-6-20)23(7-11-25)8-12-26/h1-5,15,25-28H,6-14,21-22H2. The van der Waals surface area contributed by atoms with E-state index in [0.29, 0.717) is 38.3 Å². The van der Waals surface area contributed by atoms with Crippen LogP contribution in [0.3, 0.4) is 0 Å². The lowest BCUT2D eigenvalue weighted by molar-refractivity contribution is 0.191. The zero-order valence-electron chi connectivity index (χ0n) is 16.2. The number of aliphatic hydroxyl groups is 4. The normalized spacial score (nSPS) is 18.8. The molecule has 2 rings (SSSR count). The summed E-state index contributed by atoms with van der Waals surface area (Å²) in [5.41, 5.74) is 15.1. The molecule has 0 radical (unpaired) electrons. The van der Waals surface area contributed by atoms with Crippen LogP contribution in [0.4, 0.5) is 11.4 Å². The molecule has 0 heterocycles. The Morgan fingerprint density at radius 3 is 1.96 bits per heavy atom. The van der Waals surface area contributed by atoms with Gasteiger partial charge in [-0.05, 0) is 30.7 Å². The summed E-state index contributed by atoms with van der Waals surface area (Å²) in [7, 11) is 0. The minimum absolute atomic E-state index is 0.00437. The first-order valence-electron chi connectivity index (χ1n) is 9.50. The molecule has 0 spiro atoms. The number of allylic oxidation sites excluding steroid dienone is 1. The van der Waals surface area contributed by atoms with Crippen LogP contribution in [-0.4, -0.2) is 77.9 Å². The first-order valence-corrected chi connectivity index (χ1v) is 9.50. The van der Waals surface area contributed by atoms with Gasteiger partial charge >= 0.3 is 0 Å². The number of nitrogen functional groups attached to an aromatic ring is 1. The fraction of sp³-hybridized carbons (Fsp3) is 0.500. The largest absolute Gasteiger partial charge is 0.399 e. The van der Waals surface area contributed by atoms with Crippen molar-refractivity contribution in [1.29, 1.82) is 0 Å². The van der Waals surface area contributed by atoms with E-state index in [1.165, 1.54) is 0 Å². The van der Waals surface area contributed by atoms with Crippen molar-refractivity contribution >= 4 is 11.4 Å². The number of rotatable bonds is 11. The summed E-state index contributed by atoms with van der Waals surface area (Å²) in [6.45, 7) is 1.51. The summed E-state index contributed by atoms with van der Waals surface area (Å²) in [4.78, 5) is 3.79. The van der Waals surface area contributed by atoms with Crippen LogP contribution in [-0.2, 0) is 5.54 Å². The third-order valence-corrected chi connectivity index (χ3v) is 4.91. The molecule has 0 bridgehead atoms. The van der Waals surface area contributed by atoms with Gasteiger partial charge in [-0.25, -0.2) is 0 Å². The van der Waals surface area contributed by atoms with Gasteiger partial charge in [-0.3, -0.25) is 0 Å². The van der Waals surface area contributed by atoms with Crippen LogP contribution in [0.25, 0.3) is 0 Å². The average molecular weight is 393 g/mol.